The van der Waals surface area contributed by atoms with Crippen LogP contribution < -0.4 is 20.5 Å². The Labute approximate surface area is 148 Å². The number of nitrogens with two attached hydrogens (primary N) is 1. The summed E-state index contributed by atoms with van der Waals surface area (Å²) in [6, 6.07) is 10.1. The van der Waals surface area contributed by atoms with E-state index in [1.54, 1.807) is 31.4 Å². The van der Waals surface area contributed by atoms with Crippen molar-refractivity contribution in [2.75, 3.05) is 19.0 Å². The van der Waals surface area contributed by atoms with E-state index in [2.05, 4.69) is 5.32 Å². The van der Waals surface area contributed by atoms with E-state index in [1.807, 2.05) is 0 Å². The summed E-state index contributed by atoms with van der Waals surface area (Å²) in [6.07, 6.45) is -4.53. The summed E-state index contributed by atoms with van der Waals surface area (Å²) >= 11 is 0. The van der Waals surface area contributed by atoms with Crippen LogP contribution in [0.1, 0.15) is 17.5 Å². The van der Waals surface area contributed by atoms with Gasteiger partial charge in [-0.05, 0) is 48.0 Å². The summed E-state index contributed by atoms with van der Waals surface area (Å²) < 4.78 is 49.1. The Morgan fingerprint density at radius 2 is 1.77 bits per heavy atom. The lowest BCUT2D eigenvalue weighted by Gasteiger charge is -2.13. The van der Waals surface area contributed by atoms with Gasteiger partial charge < -0.3 is 20.5 Å². The molecule has 0 saturated heterocycles. The lowest BCUT2D eigenvalue weighted by molar-refractivity contribution is -0.137. The van der Waals surface area contributed by atoms with Crippen molar-refractivity contribution in [2.45, 2.75) is 19.1 Å². The molecule has 26 heavy (non-hydrogen) atoms. The van der Waals surface area contributed by atoms with Crippen molar-refractivity contribution in [3.63, 3.8) is 0 Å². The Kier molecular flexibility index (Phi) is 6.46. The summed E-state index contributed by atoms with van der Waals surface area (Å²) in [4.78, 5) is 11.9. The fourth-order valence-corrected chi connectivity index (χ4v) is 2.20. The molecule has 2 aromatic carbocycles. The van der Waals surface area contributed by atoms with Crippen molar-refractivity contribution in [1.82, 2.24) is 0 Å². The molecular formula is C18H19F3N2O3. The van der Waals surface area contributed by atoms with Gasteiger partial charge in [-0.1, -0.05) is 0 Å². The smallest absolute Gasteiger partial charge is 0.416 e. The Bertz CT molecular complexity index is 746. The topological polar surface area (TPSA) is 73.6 Å². The van der Waals surface area contributed by atoms with Gasteiger partial charge in [-0.2, -0.15) is 13.2 Å². The molecule has 140 valence electrons. The molecule has 1 amide bonds. The van der Waals surface area contributed by atoms with Crippen molar-refractivity contribution in [1.29, 1.82) is 0 Å². The summed E-state index contributed by atoms with van der Waals surface area (Å²) in [6.45, 7) is 0.0221. The van der Waals surface area contributed by atoms with Crippen molar-refractivity contribution >= 4 is 11.6 Å². The Morgan fingerprint density at radius 1 is 1.12 bits per heavy atom. The van der Waals surface area contributed by atoms with Crippen molar-refractivity contribution < 1.29 is 27.4 Å². The lowest BCUT2D eigenvalue weighted by atomic mass is 10.1. The molecule has 2 rings (SSSR count). The van der Waals surface area contributed by atoms with Crippen LogP contribution in [-0.4, -0.2) is 19.6 Å². The molecule has 0 aliphatic carbocycles. The molecule has 0 atom stereocenters. The molecule has 0 aromatic heterocycles. The molecule has 8 heteroatoms. The molecule has 0 saturated carbocycles. The Morgan fingerprint density at radius 3 is 2.35 bits per heavy atom. The molecule has 0 spiro atoms. The van der Waals surface area contributed by atoms with Gasteiger partial charge in [-0.3, -0.25) is 4.79 Å². The zero-order valence-corrected chi connectivity index (χ0v) is 14.1. The molecule has 0 aliphatic heterocycles. The highest BCUT2D eigenvalue weighted by atomic mass is 19.4. The third-order valence-electron chi connectivity index (χ3n) is 3.50. The van der Waals surface area contributed by atoms with E-state index < -0.39 is 17.6 Å². The zero-order chi connectivity index (χ0) is 19.2. The maximum absolute atomic E-state index is 12.9. The van der Waals surface area contributed by atoms with Gasteiger partial charge in [-0.25, -0.2) is 0 Å². The molecule has 0 unspecified atom stereocenters. The van der Waals surface area contributed by atoms with Crippen LogP contribution in [0.3, 0.4) is 0 Å². The number of hydrogen-bond acceptors (Lipinski definition) is 4. The van der Waals surface area contributed by atoms with Gasteiger partial charge in [0.05, 0.1) is 25.7 Å². The SMILES string of the molecule is COc1ccc(OCCC(=O)Nc2cc(CN)cc(C(F)(F)F)c2)cc1. The highest BCUT2D eigenvalue weighted by Crippen LogP contribution is 2.32. The van der Waals surface area contributed by atoms with Gasteiger partial charge in [0.2, 0.25) is 5.91 Å². The van der Waals surface area contributed by atoms with E-state index in [-0.39, 0.29) is 30.8 Å². The minimum Gasteiger partial charge on any atom is -0.497 e. The number of methoxy groups -OCH3 is 1. The van der Waals surface area contributed by atoms with E-state index >= 15 is 0 Å². The molecule has 0 radical (unpaired) electrons. The standard InChI is InChI=1S/C18H19F3N2O3/c1-25-15-2-4-16(5-3-15)26-7-6-17(24)23-14-9-12(11-22)8-13(10-14)18(19,20)21/h2-5,8-10H,6-7,11,22H2,1H3,(H,23,24). The third kappa shape index (κ3) is 5.66. The fourth-order valence-electron chi connectivity index (χ4n) is 2.20. The van der Waals surface area contributed by atoms with Gasteiger partial charge in [0.15, 0.2) is 0 Å². The largest absolute Gasteiger partial charge is 0.497 e. The Balaban J connectivity index is 1.92. The highest BCUT2D eigenvalue weighted by molar-refractivity contribution is 5.91. The number of nitrogens with one attached hydrogen (secondary N) is 1. The first-order chi connectivity index (χ1) is 12.3. The maximum Gasteiger partial charge on any atom is 0.416 e. The lowest BCUT2D eigenvalue weighted by Crippen LogP contribution is -2.16. The molecule has 0 fully saturated rings. The molecule has 0 heterocycles. The number of halogens is 3. The van der Waals surface area contributed by atoms with Crippen LogP contribution in [0, 0.1) is 0 Å². The number of carbonyl (C=O) groups is 1. The maximum atomic E-state index is 12.9. The molecule has 5 nitrogen and oxygen atoms in total. The molecule has 2 aromatic rings. The number of rotatable bonds is 7. The van der Waals surface area contributed by atoms with Crippen molar-refractivity contribution in [2.24, 2.45) is 5.73 Å². The van der Waals surface area contributed by atoms with Gasteiger partial charge in [0.25, 0.3) is 0 Å². The summed E-state index contributed by atoms with van der Waals surface area (Å²) in [5.41, 5.74) is 4.89. The van der Waals surface area contributed by atoms with Gasteiger partial charge in [-0.15, -0.1) is 0 Å². The molecule has 0 aliphatic rings. The fraction of sp³-hybridized carbons (Fsp3) is 0.278. The van der Waals surface area contributed by atoms with Crippen LogP contribution in [0.25, 0.3) is 0 Å². The quantitative estimate of drug-likeness (QED) is 0.783. The van der Waals surface area contributed by atoms with E-state index in [9.17, 15) is 18.0 Å². The second kappa shape index (κ2) is 8.57. The molecular weight excluding hydrogens is 349 g/mol. The predicted molar refractivity (Wildman–Crippen MR) is 91.1 cm³/mol. The zero-order valence-electron chi connectivity index (χ0n) is 14.1. The first-order valence-corrected chi connectivity index (χ1v) is 7.80. The minimum atomic E-state index is -4.51. The first-order valence-electron chi connectivity index (χ1n) is 7.80. The summed E-state index contributed by atoms with van der Waals surface area (Å²) in [7, 11) is 1.55. The second-order valence-corrected chi connectivity index (χ2v) is 5.44. The van der Waals surface area contributed by atoms with Crippen molar-refractivity contribution in [3.8, 4) is 11.5 Å². The third-order valence-corrected chi connectivity index (χ3v) is 3.50. The van der Waals surface area contributed by atoms with Crippen LogP contribution >= 0.6 is 0 Å². The van der Waals surface area contributed by atoms with Crippen LogP contribution in [0.4, 0.5) is 18.9 Å². The van der Waals surface area contributed by atoms with E-state index in [0.29, 0.717) is 11.5 Å². The van der Waals surface area contributed by atoms with E-state index in [1.165, 1.54) is 6.07 Å². The minimum absolute atomic E-state index is 0.0137. The molecule has 3 N–H and O–H groups in total. The average Bonchev–Trinajstić information content (AvgIpc) is 2.61. The first kappa shape index (κ1) is 19.6. The van der Waals surface area contributed by atoms with Crippen LogP contribution in [0.15, 0.2) is 42.5 Å². The number of hydrogen-bond donors (Lipinski definition) is 2. The normalized spacial score (nSPS) is 11.1. The number of alkyl halides is 3. The van der Waals surface area contributed by atoms with Crippen molar-refractivity contribution in [3.05, 3.63) is 53.6 Å². The van der Waals surface area contributed by atoms with E-state index in [0.717, 1.165) is 12.1 Å². The number of carbonyl (C=O) groups excluding carboxylic acids is 1. The Hall–Kier alpha value is -2.74. The van der Waals surface area contributed by atoms with Crippen LogP contribution in [-0.2, 0) is 17.5 Å². The number of benzene rings is 2. The van der Waals surface area contributed by atoms with Crippen LogP contribution in [0.5, 0.6) is 11.5 Å². The van der Waals surface area contributed by atoms with E-state index in [4.69, 9.17) is 15.2 Å². The highest BCUT2D eigenvalue weighted by Gasteiger charge is 2.31. The summed E-state index contributed by atoms with van der Waals surface area (Å²) in [5.74, 6) is 0.777. The second-order valence-electron chi connectivity index (χ2n) is 5.44. The monoisotopic (exact) mass is 368 g/mol. The number of anilines is 1. The average molecular weight is 368 g/mol. The summed E-state index contributed by atoms with van der Waals surface area (Å²) in [5, 5.41) is 2.44. The van der Waals surface area contributed by atoms with Crippen LogP contribution in [0.2, 0.25) is 0 Å². The van der Waals surface area contributed by atoms with Gasteiger partial charge >= 0.3 is 6.18 Å². The van der Waals surface area contributed by atoms with Gasteiger partial charge in [0.1, 0.15) is 11.5 Å². The molecule has 0 bridgehead atoms. The van der Waals surface area contributed by atoms with Gasteiger partial charge in [0, 0.05) is 12.2 Å². The predicted octanol–water partition coefficient (Wildman–Crippen LogP) is 3.58. The number of ether oxygens (including phenoxy) is 2. The number of amides is 1.